The highest BCUT2D eigenvalue weighted by Crippen LogP contribution is 2.51. The van der Waals surface area contributed by atoms with Crippen LogP contribution in [0.5, 0.6) is 0 Å². The van der Waals surface area contributed by atoms with Gasteiger partial charge < -0.3 is 20.3 Å². The van der Waals surface area contributed by atoms with Crippen LogP contribution in [0.25, 0.3) is 0 Å². The summed E-state index contributed by atoms with van der Waals surface area (Å²) >= 11 is 0. The zero-order chi connectivity index (χ0) is 17.9. The lowest BCUT2D eigenvalue weighted by atomic mass is 9.55. The van der Waals surface area contributed by atoms with Gasteiger partial charge in [-0.3, -0.25) is 4.99 Å². The predicted molar refractivity (Wildman–Crippen MR) is 104 cm³/mol. The summed E-state index contributed by atoms with van der Waals surface area (Å²) < 4.78 is 6.04. The molecule has 1 aliphatic carbocycles. The number of hydrogen-bond acceptors (Lipinski definition) is 3. The molecule has 3 rings (SSSR count). The van der Waals surface area contributed by atoms with Gasteiger partial charge in [0.2, 0.25) is 0 Å². The molecule has 1 saturated carbocycles. The zero-order valence-electron chi connectivity index (χ0n) is 16.7. The average Bonchev–Trinajstić information content (AvgIpc) is 2.61. The molecule has 2 N–H and O–H groups in total. The molecule has 2 heterocycles. The van der Waals surface area contributed by atoms with E-state index in [9.17, 15) is 0 Å². The second-order valence-corrected chi connectivity index (χ2v) is 8.62. The Morgan fingerprint density at radius 3 is 2.60 bits per heavy atom. The molecule has 0 bridgehead atoms. The van der Waals surface area contributed by atoms with Crippen molar-refractivity contribution in [1.29, 1.82) is 0 Å². The molecule has 25 heavy (non-hydrogen) atoms. The summed E-state index contributed by atoms with van der Waals surface area (Å²) in [4.78, 5) is 7.32. The van der Waals surface area contributed by atoms with Gasteiger partial charge in [0.05, 0.1) is 6.10 Å². The van der Waals surface area contributed by atoms with Crippen LogP contribution in [0.4, 0.5) is 0 Å². The van der Waals surface area contributed by atoms with Gasteiger partial charge in [-0.15, -0.1) is 0 Å². The maximum absolute atomic E-state index is 6.04. The highest BCUT2D eigenvalue weighted by Gasteiger charge is 2.58. The highest BCUT2D eigenvalue weighted by atomic mass is 16.5. The van der Waals surface area contributed by atoms with Gasteiger partial charge in [-0.25, -0.2) is 0 Å². The Labute approximate surface area is 154 Å². The van der Waals surface area contributed by atoms with E-state index >= 15 is 0 Å². The van der Waals surface area contributed by atoms with Gasteiger partial charge in [0.1, 0.15) is 0 Å². The molecule has 0 amide bonds. The van der Waals surface area contributed by atoms with Crippen molar-refractivity contribution in [3.8, 4) is 0 Å². The first-order valence-corrected chi connectivity index (χ1v) is 10.5. The lowest BCUT2D eigenvalue weighted by Gasteiger charge is -2.60. The van der Waals surface area contributed by atoms with Gasteiger partial charge in [-0.2, -0.15) is 0 Å². The van der Waals surface area contributed by atoms with Crippen molar-refractivity contribution < 1.29 is 4.74 Å². The Morgan fingerprint density at radius 1 is 1.16 bits per heavy atom. The van der Waals surface area contributed by atoms with Gasteiger partial charge in [0.25, 0.3) is 0 Å². The molecule has 0 aromatic rings. The van der Waals surface area contributed by atoms with Crippen LogP contribution in [0, 0.1) is 11.3 Å². The molecule has 5 nitrogen and oxygen atoms in total. The van der Waals surface area contributed by atoms with Crippen molar-refractivity contribution in [3.05, 3.63) is 0 Å². The fourth-order valence-electron chi connectivity index (χ4n) is 5.06. The van der Waals surface area contributed by atoms with Crippen LogP contribution in [0.2, 0.25) is 0 Å². The number of ether oxygens (including phenoxy) is 1. The number of nitrogens with zero attached hydrogens (tertiary/aromatic N) is 2. The second-order valence-electron chi connectivity index (χ2n) is 8.62. The maximum Gasteiger partial charge on any atom is 0.191 e. The van der Waals surface area contributed by atoms with E-state index in [1.807, 2.05) is 0 Å². The number of fused-ring (bicyclic) bond motifs is 1. The fraction of sp³-hybridized carbons (Fsp3) is 0.950. The van der Waals surface area contributed by atoms with Gasteiger partial charge in [-0.1, -0.05) is 20.8 Å². The minimum Gasteiger partial charge on any atom is -0.377 e. The first-order chi connectivity index (χ1) is 12.1. The third-order valence-electron chi connectivity index (χ3n) is 6.41. The lowest BCUT2D eigenvalue weighted by molar-refractivity contribution is -0.188. The quantitative estimate of drug-likeness (QED) is 0.591. The molecule has 2 saturated heterocycles. The van der Waals surface area contributed by atoms with Crippen LogP contribution in [0.3, 0.4) is 0 Å². The Morgan fingerprint density at radius 2 is 1.92 bits per heavy atom. The zero-order valence-corrected chi connectivity index (χ0v) is 16.7. The number of nitrogens with one attached hydrogen (secondary N) is 2. The third-order valence-corrected chi connectivity index (χ3v) is 6.41. The Bertz CT molecular complexity index is 457. The first kappa shape index (κ1) is 19.0. The molecule has 0 aromatic heterocycles. The van der Waals surface area contributed by atoms with Crippen LogP contribution in [0.1, 0.15) is 59.8 Å². The van der Waals surface area contributed by atoms with E-state index in [2.05, 4.69) is 43.2 Å². The summed E-state index contributed by atoms with van der Waals surface area (Å²) in [6.07, 6.45) is 6.57. The van der Waals surface area contributed by atoms with Gasteiger partial charge >= 0.3 is 0 Å². The molecular formula is C20H38N4O. The molecule has 2 aliphatic heterocycles. The van der Waals surface area contributed by atoms with Crippen molar-refractivity contribution in [2.24, 2.45) is 16.3 Å². The van der Waals surface area contributed by atoms with Crippen molar-refractivity contribution in [3.63, 3.8) is 0 Å². The molecule has 0 radical (unpaired) electrons. The first-order valence-electron chi connectivity index (χ1n) is 10.5. The number of hydrogen-bond donors (Lipinski definition) is 2. The molecular weight excluding hydrogens is 312 g/mol. The molecule has 0 aromatic carbocycles. The van der Waals surface area contributed by atoms with E-state index < -0.39 is 0 Å². The number of aliphatic imine (C=N–C) groups is 1. The average molecular weight is 351 g/mol. The fourth-order valence-corrected chi connectivity index (χ4v) is 5.06. The minimum absolute atomic E-state index is 0.186. The van der Waals surface area contributed by atoms with Crippen LogP contribution >= 0.6 is 0 Å². The highest BCUT2D eigenvalue weighted by molar-refractivity contribution is 5.80. The Balaban J connectivity index is 1.54. The number of rotatable bonds is 5. The summed E-state index contributed by atoms with van der Waals surface area (Å²) in [6.45, 7) is 14.5. The molecule has 144 valence electrons. The van der Waals surface area contributed by atoms with E-state index in [1.54, 1.807) is 0 Å². The summed E-state index contributed by atoms with van der Waals surface area (Å²) in [5.74, 6) is 1.65. The van der Waals surface area contributed by atoms with Crippen LogP contribution < -0.4 is 10.6 Å². The van der Waals surface area contributed by atoms with Crippen LogP contribution in [-0.2, 0) is 4.74 Å². The van der Waals surface area contributed by atoms with E-state index in [0.29, 0.717) is 24.1 Å². The largest absolute Gasteiger partial charge is 0.377 e. The number of guanidine groups is 1. The van der Waals surface area contributed by atoms with Crippen molar-refractivity contribution in [2.45, 2.75) is 78.0 Å². The minimum atomic E-state index is 0.186. The normalized spacial score (nSPS) is 33.4. The van der Waals surface area contributed by atoms with E-state index in [0.717, 1.165) is 19.1 Å². The molecule has 0 spiro atoms. The summed E-state index contributed by atoms with van der Waals surface area (Å²) in [5, 5.41) is 7.50. The molecule has 5 heteroatoms. The van der Waals surface area contributed by atoms with Crippen LogP contribution in [0.15, 0.2) is 4.99 Å². The Kier molecular flexibility index (Phi) is 6.26. The van der Waals surface area contributed by atoms with Crippen molar-refractivity contribution >= 4 is 5.96 Å². The smallest absolute Gasteiger partial charge is 0.191 e. The topological polar surface area (TPSA) is 48.9 Å². The monoisotopic (exact) mass is 350 g/mol. The van der Waals surface area contributed by atoms with E-state index in [-0.39, 0.29) is 5.41 Å². The summed E-state index contributed by atoms with van der Waals surface area (Å²) in [5.41, 5.74) is 0.186. The van der Waals surface area contributed by atoms with E-state index in [1.165, 1.54) is 51.7 Å². The van der Waals surface area contributed by atoms with Crippen LogP contribution in [-0.4, -0.2) is 61.8 Å². The number of piperidine rings is 1. The van der Waals surface area contributed by atoms with Gasteiger partial charge in [-0.05, 0) is 45.6 Å². The molecule has 3 atom stereocenters. The molecule has 3 fully saturated rings. The SMILES string of the molecule is CCCN1CCC(NC(=NCC)NC2C3CCCOC3C2(C)C)CC1. The summed E-state index contributed by atoms with van der Waals surface area (Å²) in [6, 6.07) is 1.02. The predicted octanol–water partition coefficient (Wildman–Crippen LogP) is 2.62. The molecule has 3 unspecified atom stereocenters. The summed E-state index contributed by atoms with van der Waals surface area (Å²) in [7, 11) is 0. The maximum atomic E-state index is 6.04. The number of likely N-dealkylation sites (tertiary alicyclic amines) is 1. The van der Waals surface area contributed by atoms with Crippen molar-refractivity contribution in [1.82, 2.24) is 15.5 Å². The third kappa shape index (κ3) is 4.13. The second kappa shape index (κ2) is 8.26. The lowest BCUT2D eigenvalue weighted by Crippen LogP contribution is -2.71. The standard InChI is InChI=1S/C20H38N4O/c1-5-11-24-12-9-15(10-13-24)22-19(21-6-2)23-17-16-8-7-14-25-18(16)20(17,3)4/h15-18H,5-14H2,1-4H3,(H2,21,22,23). The Hall–Kier alpha value is -0.810. The molecule has 3 aliphatic rings. The van der Waals surface area contributed by atoms with Gasteiger partial charge in [0.15, 0.2) is 5.96 Å². The van der Waals surface area contributed by atoms with Crippen molar-refractivity contribution in [2.75, 3.05) is 32.8 Å². The van der Waals surface area contributed by atoms with E-state index in [4.69, 9.17) is 9.73 Å². The van der Waals surface area contributed by atoms with Gasteiger partial charge in [0, 0.05) is 49.7 Å².